The Kier molecular flexibility index (Phi) is 3.84. The van der Waals surface area contributed by atoms with Gasteiger partial charge in [-0.25, -0.2) is 4.98 Å². The molecular formula is C12H16F3N3O. The fourth-order valence-corrected chi connectivity index (χ4v) is 2.28. The predicted molar refractivity (Wildman–Crippen MR) is 66.2 cm³/mol. The van der Waals surface area contributed by atoms with Gasteiger partial charge in [0.05, 0.1) is 18.2 Å². The first-order valence-electron chi connectivity index (χ1n) is 6.10. The molecule has 106 valence electrons. The number of alkyl halides is 3. The zero-order chi connectivity index (χ0) is 14.0. The first kappa shape index (κ1) is 13.9. The molecule has 1 fully saturated rings. The van der Waals surface area contributed by atoms with Crippen LogP contribution < -0.4 is 10.2 Å². The van der Waals surface area contributed by atoms with Gasteiger partial charge in [-0.15, -0.1) is 0 Å². The lowest BCUT2D eigenvalue weighted by molar-refractivity contribution is -0.137. The largest absolute Gasteiger partial charge is 0.416 e. The zero-order valence-corrected chi connectivity index (χ0v) is 10.5. The number of hydrogen-bond acceptors (Lipinski definition) is 4. The van der Waals surface area contributed by atoms with E-state index in [-0.39, 0.29) is 24.3 Å². The second kappa shape index (κ2) is 5.24. The second-order valence-corrected chi connectivity index (χ2v) is 4.52. The molecule has 1 aromatic rings. The van der Waals surface area contributed by atoms with Crippen molar-refractivity contribution in [1.82, 2.24) is 4.98 Å². The molecule has 2 heterocycles. The highest BCUT2D eigenvalue weighted by atomic mass is 19.4. The first-order chi connectivity index (χ1) is 8.95. The van der Waals surface area contributed by atoms with Crippen molar-refractivity contribution < 1.29 is 18.3 Å². The fourth-order valence-electron chi connectivity index (χ4n) is 2.28. The van der Waals surface area contributed by atoms with Gasteiger partial charge in [-0.3, -0.25) is 0 Å². The molecule has 7 heteroatoms. The van der Waals surface area contributed by atoms with Crippen LogP contribution in [-0.4, -0.2) is 36.3 Å². The summed E-state index contributed by atoms with van der Waals surface area (Å²) in [7, 11) is 1.53. The third kappa shape index (κ3) is 2.91. The van der Waals surface area contributed by atoms with E-state index in [9.17, 15) is 18.3 Å². The van der Waals surface area contributed by atoms with Crippen LogP contribution in [0.2, 0.25) is 0 Å². The van der Waals surface area contributed by atoms with Crippen LogP contribution in [0.3, 0.4) is 0 Å². The standard InChI is InChI=1S/C12H16F3N3O/c1-16-10-5-8(12(13,14)15)6-11(17-10)18-4-2-3-9(18)7-19/h5-6,9,19H,2-4,7H2,1H3,(H,16,17). The summed E-state index contributed by atoms with van der Waals surface area (Å²) in [4.78, 5) is 5.88. The molecule has 0 saturated carbocycles. The van der Waals surface area contributed by atoms with E-state index in [4.69, 9.17) is 0 Å². The highest BCUT2D eigenvalue weighted by Crippen LogP contribution is 2.34. The molecule has 19 heavy (non-hydrogen) atoms. The number of aromatic nitrogens is 1. The minimum absolute atomic E-state index is 0.0766. The average Bonchev–Trinajstić information content (AvgIpc) is 2.85. The predicted octanol–water partition coefficient (Wildman–Crippen LogP) is 2.10. The van der Waals surface area contributed by atoms with Crippen LogP contribution in [0.1, 0.15) is 18.4 Å². The molecule has 4 nitrogen and oxygen atoms in total. The van der Waals surface area contributed by atoms with Gasteiger partial charge in [-0.1, -0.05) is 0 Å². The molecule has 0 aromatic carbocycles. The van der Waals surface area contributed by atoms with Crippen molar-refractivity contribution in [3.8, 4) is 0 Å². The summed E-state index contributed by atoms with van der Waals surface area (Å²) in [5.41, 5.74) is -0.731. The van der Waals surface area contributed by atoms with Crippen LogP contribution in [0.15, 0.2) is 12.1 Å². The maximum absolute atomic E-state index is 12.8. The summed E-state index contributed by atoms with van der Waals surface area (Å²) < 4.78 is 38.5. The minimum Gasteiger partial charge on any atom is -0.394 e. The lowest BCUT2D eigenvalue weighted by atomic mass is 10.2. The SMILES string of the molecule is CNc1cc(C(F)(F)F)cc(N2CCCC2CO)n1. The Labute approximate surface area is 109 Å². The number of nitrogens with one attached hydrogen (secondary N) is 1. The van der Waals surface area contributed by atoms with Crippen LogP contribution in [0.4, 0.5) is 24.8 Å². The number of rotatable bonds is 3. The van der Waals surface area contributed by atoms with Crippen molar-refractivity contribution in [3.63, 3.8) is 0 Å². The Morgan fingerprint density at radius 1 is 1.47 bits per heavy atom. The van der Waals surface area contributed by atoms with Gasteiger partial charge in [-0.2, -0.15) is 13.2 Å². The monoisotopic (exact) mass is 275 g/mol. The number of aliphatic hydroxyl groups excluding tert-OH is 1. The maximum atomic E-state index is 12.8. The highest BCUT2D eigenvalue weighted by Gasteiger charge is 2.33. The molecule has 1 saturated heterocycles. The lowest BCUT2D eigenvalue weighted by Crippen LogP contribution is -2.33. The normalized spacial score (nSPS) is 19.8. The molecule has 2 N–H and O–H groups in total. The van der Waals surface area contributed by atoms with Crippen LogP contribution in [0.5, 0.6) is 0 Å². The van der Waals surface area contributed by atoms with Crippen LogP contribution in [0.25, 0.3) is 0 Å². The number of aliphatic hydroxyl groups is 1. The van der Waals surface area contributed by atoms with Gasteiger partial charge < -0.3 is 15.3 Å². The van der Waals surface area contributed by atoms with Crippen molar-refractivity contribution in [1.29, 1.82) is 0 Å². The molecule has 2 rings (SSSR count). The Bertz CT molecular complexity index is 450. The third-order valence-electron chi connectivity index (χ3n) is 3.28. The second-order valence-electron chi connectivity index (χ2n) is 4.52. The average molecular weight is 275 g/mol. The zero-order valence-electron chi connectivity index (χ0n) is 10.5. The Morgan fingerprint density at radius 2 is 2.21 bits per heavy atom. The minimum atomic E-state index is -4.41. The summed E-state index contributed by atoms with van der Waals surface area (Å²) in [5.74, 6) is 0.434. The first-order valence-corrected chi connectivity index (χ1v) is 6.10. The van der Waals surface area contributed by atoms with Gasteiger partial charge in [-0.05, 0) is 25.0 Å². The number of anilines is 2. The van der Waals surface area contributed by atoms with E-state index in [0.29, 0.717) is 6.54 Å². The Morgan fingerprint density at radius 3 is 2.79 bits per heavy atom. The van der Waals surface area contributed by atoms with Gasteiger partial charge >= 0.3 is 6.18 Å². The molecule has 0 amide bonds. The molecule has 1 aromatic heterocycles. The third-order valence-corrected chi connectivity index (χ3v) is 3.28. The smallest absolute Gasteiger partial charge is 0.394 e. The number of halogens is 3. The molecule has 1 aliphatic heterocycles. The quantitative estimate of drug-likeness (QED) is 0.887. The number of pyridine rings is 1. The van der Waals surface area contributed by atoms with Gasteiger partial charge in [0, 0.05) is 13.6 Å². The number of hydrogen-bond donors (Lipinski definition) is 2. The van der Waals surface area contributed by atoms with Crippen molar-refractivity contribution >= 4 is 11.6 Å². The van der Waals surface area contributed by atoms with Gasteiger partial charge in [0.1, 0.15) is 11.6 Å². The highest BCUT2D eigenvalue weighted by molar-refractivity contribution is 5.52. The van der Waals surface area contributed by atoms with E-state index < -0.39 is 11.7 Å². The van der Waals surface area contributed by atoms with E-state index in [0.717, 1.165) is 25.0 Å². The van der Waals surface area contributed by atoms with Gasteiger partial charge in [0.2, 0.25) is 0 Å². The van der Waals surface area contributed by atoms with Crippen LogP contribution >= 0.6 is 0 Å². The number of nitrogens with zero attached hydrogens (tertiary/aromatic N) is 2. The van der Waals surface area contributed by atoms with E-state index in [1.807, 2.05) is 0 Å². The Hall–Kier alpha value is -1.50. The molecule has 0 bridgehead atoms. The lowest BCUT2D eigenvalue weighted by Gasteiger charge is -2.25. The summed E-state index contributed by atoms with van der Waals surface area (Å²) in [6.07, 6.45) is -2.79. The van der Waals surface area contributed by atoms with Crippen molar-refractivity contribution in [2.24, 2.45) is 0 Å². The van der Waals surface area contributed by atoms with Crippen molar-refractivity contribution in [3.05, 3.63) is 17.7 Å². The van der Waals surface area contributed by atoms with Gasteiger partial charge in [0.25, 0.3) is 0 Å². The molecule has 1 atom stereocenters. The Balaban J connectivity index is 2.39. The summed E-state index contributed by atoms with van der Waals surface area (Å²) in [6, 6.07) is 1.86. The van der Waals surface area contributed by atoms with E-state index in [2.05, 4.69) is 10.3 Å². The van der Waals surface area contributed by atoms with Gasteiger partial charge in [0.15, 0.2) is 0 Å². The van der Waals surface area contributed by atoms with E-state index in [1.54, 1.807) is 4.90 Å². The maximum Gasteiger partial charge on any atom is 0.416 e. The fraction of sp³-hybridized carbons (Fsp3) is 0.583. The summed E-state index contributed by atoms with van der Waals surface area (Å²) >= 11 is 0. The summed E-state index contributed by atoms with van der Waals surface area (Å²) in [6.45, 7) is 0.537. The van der Waals surface area contributed by atoms with E-state index in [1.165, 1.54) is 7.05 Å². The molecule has 1 unspecified atom stereocenters. The molecule has 0 spiro atoms. The molecular weight excluding hydrogens is 259 g/mol. The topological polar surface area (TPSA) is 48.4 Å². The van der Waals surface area contributed by atoms with E-state index >= 15 is 0 Å². The molecule has 1 aliphatic rings. The van der Waals surface area contributed by atoms with Crippen LogP contribution in [0, 0.1) is 0 Å². The van der Waals surface area contributed by atoms with Crippen molar-refractivity contribution in [2.75, 3.05) is 30.4 Å². The van der Waals surface area contributed by atoms with Crippen LogP contribution in [-0.2, 0) is 6.18 Å². The van der Waals surface area contributed by atoms with Crippen molar-refractivity contribution in [2.45, 2.75) is 25.1 Å². The molecule has 0 aliphatic carbocycles. The molecule has 0 radical (unpaired) electrons. The summed E-state index contributed by atoms with van der Waals surface area (Å²) in [5, 5.41) is 11.9.